The van der Waals surface area contributed by atoms with Gasteiger partial charge in [0.05, 0.1) is 24.9 Å². The third-order valence-electron chi connectivity index (χ3n) is 10.3. The number of hydrogen-bond donors (Lipinski definition) is 1. The smallest absolute Gasteiger partial charge is 0.178 e. The minimum atomic E-state index is -3.34. The van der Waals surface area contributed by atoms with E-state index in [4.69, 9.17) is 4.74 Å². The molecule has 3 aliphatic carbocycles. The first-order valence-corrected chi connectivity index (χ1v) is 15.7. The number of ketones is 1. The summed E-state index contributed by atoms with van der Waals surface area (Å²) in [6.07, 6.45) is 14.1. The zero-order valence-corrected chi connectivity index (χ0v) is 23.6. The summed E-state index contributed by atoms with van der Waals surface area (Å²) in [5.41, 5.74) is -0.499. The molecule has 7 nitrogen and oxygen atoms in total. The molecule has 4 rings (SSSR count). The van der Waals surface area contributed by atoms with Crippen LogP contribution in [0.2, 0.25) is 0 Å². The van der Waals surface area contributed by atoms with E-state index in [1.165, 1.54) is 23.5 Å². The number of fused-ring (bicyclic) bond motifs is 1. The number of sulfone groups is 1. The lowest BCUT2D eigenvalue weighted by atomic mass is 9.49. The summed E-state index contributed by atoms with van der Waals surface area (Å²) in [6, 6.07) is 0. The van der Waals surface area contributed by atoms with Crippen molar-refractivity contribution in [2.24, 2.45) is 34.5 Å². The fraction of sp³-hybridized carbons (Fsp3) is 0.857. The summed E-state index contributed by atoms with van der Waals surface area (Å²) < 4.78 is 31.0. The summed E-state index contributed by atoms with van der Waals surface area (Å²) in [4.78, 5) is 13.7. The second-order valence-corrected chi connectivity index (χ2v) is 14.8. The van der Waals surface area contributed by atoms with Crippen molar-refractivity contribution in [3.8, 4) is 0 Å². The van der Waals surface area contributed by atoms with Crippen molar-refractivity contribution in [2.75, 3.05) is 20.0 Å². The van der Waals surface area contributed by atoms with Gasteiger partial charge in [-0.05, 0) is 86.9 Å². The minimum Gasteiger partial charge on any atom is -0.390 e. The van der Waals surface area contributed by atoms with Gasteiger partial charge >= 0.3 is 0 Å². The van der Waals surface area contributed by atoms with Gasteiger partial charge in [-0.25, -0.2) is 8.42 Å². The van der Waals surface area contributed by atoms with Crippen molar-refractivity contribution in [1.29, 1.82) is 0 Å². The Morgan fingerprint density at radius 3 is 2.42 bits per heavy atom. The van der Waals surface area contributed by atoms with Gasteiger partial charge in [0.25, 0.3) is 0 Å². The van der Waals surface area contributed by atoms with E-state index in [1.54, 1.807) is 0 Å². The summed E-state index contributed by atoms with van der Waals surface area (Å²) in [6.45, 7) is 7.46. The Hall–Kier alpha value is -1.25. The van der Waals surface area contributed by atoms with E-state index < -0.39 is 15.4 Å². The van der Waals surface area contributed by atoms with Crippen molar-refractivity contribution in [3.63, 3.8) is 0 Å². The first-order chi connectivity index (χ1) is 16.9. The third kappa shape index (κ3) is 5.19. The van der Waals surface area contributed by atoms with Crippen molar-refractivity contribution in [1.82, 2.24) is 9.78 Å². The largest absolute Gasteiger partial charge is 0.390 e. The van der Waals surface area contributed by atoms with Crippen LogP contribution in [0.3, 0.4) is 0 Å². The summed E-state index contributed by atoms with van der Waals surface area (Å²) >= 11 is 0. The molecule has 0 unspecified atom stereocenters. The monoisotopic (exact) mass is 522 g/mol. The highest BCUT2D eigenvalue weighted by Crippen LogP contribution is 2.64. The molecule has 204 valence electrons. The number of nitrogens with zero attached hydrogens (tertiary/aromatic N) is 2. The highest BCUT2D eigenvalue weighted by molar-refractivity contribution is 7.90. The number of Topliss-reactive ketones (excluding diaryl/α,β-unsaturated/α-hetero) is 1. The molecule has 1 heterocycles. The van der Waals surface area contributed by atoms with Crippen LogP contribution < -0.4 is 0 Å². The van der Waals surface area contributed by atoms with Gasteiger partial charge in [0, 0.05) is 25.5 Å². The van der Waals surface area contributed by atoms with Gasteiger partial charge in [-0.2, -0.15) is 5.10 Å². The lowest BCUT2D eigenvalue weighted by molar-refractivity contribution is -0.136. The number of carbonyl (C=O) groups excluding carboxylic acids is 1. The molecule has 0 spiro atoms. The van der Waals surface area contributed by atoms with Crippen LogP contribution in [-0.4, -0.2) is 54.7 Å². The normalized spacial score (nSPS) is 39.2. The summed E-state index contributed by atoms with van der Waals surface area (Å²) in [5, 5.41) is 14.8. The predicted molar refractivity (Wildman–Crippen MR) is 139 cm³/mol. The Labute approximate surface area is 217 Å². The molecule has 3 saturated carbocycles. The first-order valence-electron chi connectivity index (χ1n) is 13.8. The SMILES string of the molecule is CCC[C@@H]1[C@@H](C2(COC)CCC(C)(O)CC2)CC[C@]2(C)[C@@H](C(=O)Cn3cc(S(C)(=O)=O)cn3)CC[C@@H]12. The van der Waals surface area contributed by atoms with E-state index in [-0.39, 0.29) is 34.0 Å². The van der Waals surface area contributed by atoms with Crippen LogP contribution in [-0.2, 0) is 25.9 Å². The summed E-state index contributed by atoms with van der Waals surface area (Å²) in [5.74, 6) is 1.79. The average Bonchev–Trinajstić information content (AvgIpc) is 3.40. The Morgan fingerprint density at radius 1 is 1.14 bits per heavy atom. The van der Waals surface area contributed by atoms with Gasteiger partial charge < -0.3 is 9.84 Å². The van der Waals surface area contributed by atoms with Crippen molar-refractivity contribution >= 4 is 15.6 Å². The average molecular weight is 523 g/mol. The fourth-order valence-corrected chi connectivity index (χ4v) is 8.95. The molecule has 1 N–H and O–H groups in total. The molecule has 3 fully saturated rings. The number of ether oxygens (including phenoxy) is 1. The van der Waals surface area contributed by atoms with E-state index in [1.807, 2.05) is 14.0 Å². The van der Waals surface area contributed by atoms with Crippen LogP contribution in [0.1, 0.15) is 85.0 Å². The van der Waals surface area contributed by atoms with Gasteiger partial charge in [0.1, 0.15) is 4.90 Å². The van der Waals surface area contributed by atoms with Crippen molar-refractivity contribution in [3.05, 3.63) is 12.4 Å². The number of carbonyl (C=O) groups is 1. The Balaban J connectivity index is 1.55. The van der Waals surface area contributed by atoms with E-state index in [0.717, 1.165) is 70.7 Å². The molecule has 0 bridgehead atoms. The van der Waals surface area contributed by atoms with Gasteiger partial charge in [0.15, 0.2) is 15.6 Å². The molecule has 8 heteroatoms. The quantitative estimate of drug-likeness (QED) is 0.506. The molecular weight excluding hydrogens is 476 g/mol. The molecule has 0 aliphatic heterocycles. The molecule has 1 aromatic heterocycles. The van der Waals surface area contributed by atoms with Gasteiger partial charge in [0.2, 0.25) is 0 Å². The topological polar surface area (TPSA) is 98.5 Å². The standard InChI is InChI=1S/C28H46N2O5S/c1-6-7-21-22-8-9-24(25(31)18-30-17-20(16-29-30)36(5,33)34)27(22,3)11-10-23(21)28(19-35-4)14-12-26(2,32)13-15-28/h16-17,21-24,32H,6-15,18-19H2,1-5H3/t21-,22-,23-,24+,26?,27-,28?/m0/s1. The molecule has 1 aromatic rings. The zero-order chi connectivity index (χ0) is 26.4. The van der Waals surface area contributed by atoms with Crippen LogP contribution in [0.5, 0.6) is 0 Å². The van der Waals surface area contributed by atoms with Crippen LogP contribution in [0, 0.1) is 34.5 Å². The number of methoxy groups -OCH3 is 1. The van der Waals surface area contributed by atoms with Crippen LogP contribution in [0.25, 0.3) is 0 Å². The molecule has 0 amide bonds. The molecule has 5 atom stereocenters. The highest BCUT2D eigenvalue weighted by atomic mass is 32.2. The molecule has 0 radical (unpaired) electrons. The zero-order valence-electron chi connectivity index (χ0n) is 22.8. The molecular formula is C28H46N2O5S. The maximum Gasteiger partial charge on any atom is 0.178 e. The second-order valence-electron chi connectivity index (χ2n) is 12.7. The fourth-order valence-electron chi connectivity index (χ4n) is 8.40. The molecule has 36 heavy (non-hydrogen) atoms. The number of rotatable bonds is 9. The van der Waals surface area contributed by atoms with E-state index in [0.29, 0.717) is 17.8 Å². The van der Waals surface area contributed by atoms with Gasteiger partial charge in [-0.3, -0.25) is 9.48 Å². The minimum absolute atomic E-state index is 0.0147. The lowest BCUT2D eigenvalue weighted by Gasteiger charge is -2.56. The van der Waals surface area contributed by atoms with Gasteiger partial charge in [-0.1, -0.05) is 26.7 Å². The van der Waals surface area contributed by atoms with E-state index in [2.05, 4.69) is 18.9 Å². The maximum atomic E-state index is 13.6. The van der Waals surface area contributed by atoms with Crippen molar-refractivity contribution in [2.45, 2.75) is 102 Å². The Kier molecular flexibility index (Phi) is 7.82. The second kappa shape index (κ2) is 10.1. The molecule has 0 aromatic carbocycles. The number of aromatic nitrogens is 2. The van der Waals surface area contributed by atoms with E-state index in [9.17, 15) is 18.3 Å². The van der Waals surface area contributed by atoms with Crippen LogP contribution in [0.15, 0.2) is 17.3 Å². The van der Waals surface area contributed by atoms with Crippen molar-refractivity contribution < 1.29 is 23.1 Å². The number of aliphatic hydroxyl groups is 1. The van der Waals surface area contributed by atoms with Gasteiger partial charge in [-0.15, -0.1) is 0 Å². The number of hydrogen-bond acceptors (Lipinski definition) is 6. The predicted octanol–water partition coefficient (Wildman–Crippen LogP) is 4.67. The Morgan fingerprint density at radius 2 is 1.83 bits per heavy atom. The maximum absolute atomic E-state index is 13.6. The molecule has 0 saturated heterocycles. The van der Waals surface area contributed by atoms with Crippen LogP contribution in [0.4, 0.5) is 0 Å². The third-order valence-corrected chi connectivity index (χ3v) is 11.4. The lowest BCUT2D eigenvalue weighted by Crippen LogP contribution is -2.52. The van der Waals surface area contributed by atoms with E-state index >= 15 is 0 Å². The summed E-state index contributed by atoms with van der Waals surface area (Å²) in [7, 11) is -1.53. The molecule has 3 aliphatic rings. The first kappa shape index (κ1) is 27.8. The highest BCUT2D eigenvalue weighted by Gasteiger charge is 2.59. The Bertz CT molecular complexity index is 1040. The van der Waals surface area contributed by atoms with Crippen LogP contribution >= 0.6 is 0 Å².